The number of hydrogen-bond donors (Lipinski definition) is 1. The minimum atomic E-state index is -0.385. The minimum absolute atomic E-state index is 0.0477. The maximum atomic E-state index is 13.0. The van der Waals surface area contributed by atoms with Crippen LogP contribution in [0.2, 0.25) is 0 Å². The van der Waals surface area contributed by atoms with Crippen molar-refractivity contribution in [2.45, 2.75) is 44.6 Å². The van der Waals surface area contributed by atoms with Crippen LogP contribution < -0.4 is 10.1 Å². The van der Waals surface area contributed by atoms with Gasteiger partial charge in [-0.1, -0.05) is 23.8 Å². The van der Waals surface area contributed by atoms with Crippen LogP contribution in [-0.4, -0.2) is 21.9 Å². The molecule has 1 saturated carbocycles. The number of carbonyl (C=O) groups is 1. The third kappa shape index (κ3) is 6.23. The molecule has 0 aliphatic heterocycles. The quantitative estimate of drug-likeness (QED) is 0.492. The second-order valence-corrected chi connectivity index (χ2v) is 7.95. The summed E-state index contributed by atoms with van der Waals surface area (Å²) >= 11 is 0. The van der Waals surface area contributed by atoms with E-state index in [4.69, 9.17) is 4.74 Å². The lowest BCUT2D eigenvalue weighted by molar-refractivity contribution is 0.0930. The van der Waals surface area contributed by atoms with Crippen LogP contribution in [0.3, 0.4) is 0 Å². The summed E-state index contributed by atoms with van der Waals surface area (Å²) in [6.45, 7) is 0. The van der Waals surface area contributed by atoms with E-state index in [1.807, 2.05) is 18.2 Å². The van der Waals surface area contributed by atoms with Crippen LogP contribution in [0.4, 0.5) is 4.39 Å². The van der Waals surface area contributed by atoms with Crippen LogP contribution in [0.1, 0.15) is 48.0 Å². The molecule has 2 aromatic heterocycles. The first-order valence-corrected chi connectivity index (χ1v) is 10.9. The van der Waals surface area contributed by atoms with Crippen LogP contribution in [-0.2, 0) is 6.42 Å². The van der Waals surface area contributed by atoms with Crippen molar-refractivity contribution in [3.8, 4) is 11.6 Å². The summed E-state index contributed by atoms with van der Waals surface area (Å²) in [6, 6.07) is 14.5. The molecule has 3 aromatic rings. The zero-order chi connectivity index (χ0) is 22.2. The SMILES string of the molecule is O=C(NC1CCC(=CCCc2cccc(Oc3ccc(F)cn3)c2)CC1)c1cccnc1. The van der Waals surface area contributed by atoms with Gasteiger partial charge in [0.1, 0.15) is 11.6 Å². The van der Waals surface area contributed by atoms with Crippen molar-refractivity contribution in [3.05, 3.63) is 95.7 Å². The summed E-state index contributed by atoms with van der Waals surface area (Å²) in [5.41, 5.74) is 3.24. The fourth-order valence-corrected chi connectivity index (χ4v) is 3.85. The van der Waals surface area contributed by atoms with Crippen LogP contribution >= 0.6 is 0 Å². The summed E-state index contributed by atoms with van der Waals surface area (Å²) in [4.78, 5) is 20.2. The summed E-state index contributed by atoms with van der Waals surface area (Å²) in [5.74, 6) is 0.634. The Hall–Kier alpha value is -3.54. The number of benzene rings is 1. The van der Waals surface area contributed by atoms with Crippen molar-refractivity contribution in [2.24, 2.45) is 0 Å². The van der Waals surface area contributed by atoms with Crippen LogP contribution in [0.5, 0.6) is 11.6 Å². The van der Waals surface area contributed by atoms with Crippen molar-refractivity contribution in [2.75, 3.05) is 0 Å². The lowest BCUT2D eigenvalue weighted by Gasteiger charge is -2.25. The van der Waals surface area contributed by atoms with Crippen molar-refractivity contribution in [1.82, 2.24) is 15.3 Å². The molecule has 1 amide bonds. The number of aryl methyl sites for hydroxylation is 1. The normalized spacial score (nSPS) is 15.8. The number of allylic oxidation sites excluding steroid dienone is 2. The molecule has 1 aliphatic carbocycles. The van der Waals surface area contributed by atoms with Gasteiger partial charge in [0.2, 0.25) is 5.88 Å². The minimum Gasteiger partial charge on any atom is -0.439 e. The Morgan fingerprint density at radius 2 is 2.00 bits per heavy atom. The molecule has 164 valence electrons. The first kappa shape index (κ1) is 21.7. The van der Waals surface area contributed by atoms with Gasteiger partial charge in [0.05, 0.1) is 11.8 Å². The Kier molecular flexibility index (Phi) is 7.23. The van der Waals surface area contributed by atoms with Gasteiger partial charge in [-0.2, -0.15) is 0 Å². The maximum absolute atomic E-state index is 13.0. The van der Waals surface area contributed by atoms with Crippen LogP contribution in [0, 0.1) is 5.82 Å². The first-order chi connectivity index (χ1) is 15.7. The molecule has 5 nitrogen and oxygen atoms in total. The number of ether oxygens (including phenoxy) is 1. The Balaban J connectivity index is 1.23. The lowest BCUT2D eigenvalue weighted by Crippen LogP contribution is -2.36. The van der Waals surface area contributed by atoms with Gasteiger partial charge in [0.25, 0.3) is 5.91 Å². The number of carbonyl (C=O) groups excluding carboxylic acids is 1. The average molecular weight is 432 g/mol. The fourth-order valence-electron chi connectivity index (χ4n) is 3.85. The number of nitrogens with one attached hydrogen (secondary N) is 1. The van der Waals surface area contributed by atoms with E-state index in [-0.39, 0.29) is 17.8 Å². The van der Waals surface area contributed by atoms with Gasteiger partial charge in [-0.3, -0.25) is 9.78 Å². The third-order valence-corrected chi connectivity index (χ3v) is 5.57. The van der Waals surface area contributed by atoms with Gasteiger partial charge < -0.3 is 10.1 Å². The molecular weight excluding hydrogens is 405 g/mol. The summed E-state index contributed by atoms with van der Waals surface area (Å²) in [6.07, 6.45) is 12.6. The van der Waals surface area contributed by atoms with Crippen molar-refractivity contribution in [3.63, 3.8) is 0 Å². The molecule has 0 atom stereocenters. The highest BCUT2D eigenvalue weighted by atomic mass is 19.1. The molecule has 1 N–H and O–H groups in total. The summed E-state index contributed by atoms with van der Waals surface area (Å²) in [7, 11) is 0. The lowest BCUT2D eigenvalue weighted by atomic mass is 9.89. The number of pyridine rings is 2. The molecule has 0 bridgehead atoms. The number of halogens is 1. The van der Waals surface area contributed by atoms with Gasteiger partial charge >= 0.3 is 0 Å². The van der Waals surface area contributed by atoms with Crippen LogP contribution in [0.15, 0.2) is 78.8 Å². The molecule has 2 heterocycles. The summed E-state index contributed by atoms with van der Waals surface area (Å²) < 4.78 is 18.7. The molecule has 4 rings (SSSR count). The Labute approximate surface area is 187 Å². The molecule has 1 fully saturated rings. The molecular formula is C26H26FN3O2. The predicted octanol–water partition coefficient (Wildman–Crippen LogP) is 5.64. The van der Waals surface area contributed by atoms with Crippen LogP contribution in [0.25, 0.3) is 0 Å². The topological polar surface area (TPSA) is 64.1 Å². The number of amides is 1. The third-order valence-electron chi connectivity index (χ3n) is 5.57. The highest BCUT2D eigenvalue weighted by Gasteiger charge is 2.19. The number of nitrogens with zero attached hydrogens (tertiary/aromatic N) is 2. The van der Waals surface area contributed by atoms with Crippen molar-refractivity contribution in [1.29, 1.82) is 0 Å². The van der Waals surface area contributed by atoms with Gasteiger partial charge in [0.15, 0.2) is 0 Å². The predicted molar refractivity (Wildman–Crippen MR) is 121 cm³/mol. The molecule has 0 unspecified atom stereocenters. The highest BCUT2D eigenvalue weighted by molar-refractivity contribution is 5.94. The van der Waals surface area contributed by atoms with Gasteiger partial charge in [-0.15, -0.1) is 0 Å². The smallest absolute Gasteiger partial charge is 0.253 e. The second kappa shape index (κ2) is 10.7. The summed E-state index contributed by atoms with van der Waals surface area (Å²) in [5, 5.41) is 3.12. The van der Waals surface area contributed by atoms with E-state index >= 15 is 0 Å². The monoisotopic (exact) mass is 431 g/mol. The molecule has 6 heteroatoms. The van der Waals surface area contributed by atoms with E-state index in [1.165, 1.54) is 23.3 Å². The van der Waals surface area contributed by atoms with Crippen molar-refractivity contribution >= 4 is 5.91 Å². The largest absolute Gasteiger partial charge is 0.439 e. The fraction of sp³-hybridized carbons (Fsp3) is 0.269. The number of aromatic nitrogens is 2. The second-order valence-electron chi connectivity index (χ2n) is 7.95. The van der Waals surface area contributed by atoms with Crippen molar-refractivity contribution < 1.29 is 13.9 Å². The van der Waals surface area contributed by atoms with Gasteiger partial charge in [-0.25, -0.2) is 9.37 Å². The molecule has 32 heavy (non-hydrogen) atoms. The Morgan fingerprint density at radius 1 is 1.12 bits per heavy atom. The van der Waals surface area contributed by atoms with E-state index in [2.05, 4.69) is 27.4 Å². The van der Waals surface area contributed by atoms with E-state index in [0.29, 0.717) is 17.2 Å². The zero-order valence-electron chi connectivity index (χ0n) is 17.8. The standard InChI is InChI=1S/C26H26FN3O2/c27-22-11-14-25(29-18-22)32-24-8-2-6-20(16-24)5-1-4-19-9-12-23(13-10-19)30-26(31)21-7-3-15-28-17-21/h2-4,6-8,11,14-18,23H,1,5,9-10,12-13H2,(H,30,31). The van der Waals surface area contributed by atoms with E-state index in [9.17, 15) is 9.18 Å². The Morgan fingerprint density at radius 3 is 2.75 bits per heavy atom. The van der Waals surface area contributed by atoms with Gasteiger partial charge in [0, 0.05) is 24.5 Å². The first-order valence-electron chi connectivity index (χ1n) is 10.9. The molecule has 1 aliphatic rings. The zero-order valence-corrected chi connectivity index (χ0v) is 17.8. The van der Waals surface area contributed by atoms with E-state index in [0.717, 1.165) is 44.7 Å². The molecule has 0 radical (unpaired) electrons. The highest BCUT2D eigenvalue weighted by Crippen LogP contribution is 2.25. The number of rotatable bonds is 7. The average Bonchev–Trinajstić information content (AvgIpc) is 2.82. The Bertz CT molecular complexity index is 1060. The molecule has 0 spiro atoms. The van der Waals surface area contributed by atoms with Gasteiger partial charge in [-0.05, 0) is 74.4 Å². The molecule has 0 saturated heterocycles. The van der Waals surface area contributed by atoms with E-state index in [1.54, 1.807) is 24.5 Å². The number of hydrogen-bond acceptors (Lipinski definition) is 4. The molecule has 1 aromatic carbocycles. The maximum Gasteiger partial charge on any atom is 0.253 e. The van der Waals surface area contributed by atoms with E-state index < -0.39 is 0 Å².